The molecule has 0 atom stereocenters. The number of hydrogen-bond donors (Lipinski definition) is 3. The largest absolute Gasteiger partial charge is 0.454 e. The molecule has 0 saturated heterocycles. The minimum Gasteiger partial charge on any atom is -0.454 e. The normalized spacial score (nSPS) is 10.6. The van der Waals surface area contributed by atoms with Gasteiger partial charge in [-0.3, -0.25) is 19.7 Å². The van der Waals surface area contributed by atoms with Crippen LogP contribution in [0.15, 0.2) is 24.3 Å². The van der Waals surface area contributed by atoms with Gasteiger partial charge in [-0.2, -0.15) is 0 Å². The molecule has 26 heavy (non-hydrogen) atoms. The standard InChI is InChI=1S/C18H25N3O5/c1-5-19-17(25)21-14(22)11-26-15(23)10-20-16(24)12-6-8-13(9-7-12)18(2,3)4/h6-9H,5,10-11H2,1-4H3,(H,20,24)(H2,19,21,22,25). The van der Waals surface area contributed by atoms with E-state index in [9.17, 15) is 19.2 Å². The van der Waals surface area contributed by atoms with Gasteiger partial charge in [0.2, 0.25) is 0 Å². The Bertz CT molecular complexity index is 662. The Labute approximate surface area is 152 Å². The first kappa shape index (κ1) is 21.1. The van der Waals surface area contributed by atoms with E-state index in [4.69, 9.17) is 0 Å². The van der Waals surface area contributed by atoms with Gasteiger partial charge in [0.25, 0.3) is 11.8 Å². The molecular weight excluding hydrogens is 338 g/mol. The number of urea groups is 1. The van der Waals surface area contributed by atoms with Crippen molar-refractivity contribution in [2.75, 3.05) is 19.7 Å². The highest BCUT2D eigenvalue weighted by Crippen LogP contribution is 2.22. The molecular formula is C18H25N3O5. The molecule has 0 radical (unpaired) electrons. The number of hydrogen-bond acceptors (Lipinski definition) is 5. The molecule has 0 aliphatic heterocycles. The molecule has 8 nitrogen and oxygen atoms in total. The van der Waals surface area contributed by atoms with E-state index >= 15 is 0 Å². The highest BCUT2D eigenvalue weighted by atomic mass is 16.5. The first-order chi connectivity index (χ1) is 12.1. The summed E-state index contributed by atoms with van der Waals surface area (Å²) in [6, 6.07) is 6.42. The molecule has 0 heterocycles. The maximum atomic E-state index is 12.0. The van der Waals surface area contributed by atoms with Crippen molar-refractivity contribution >= 4 is 23.8 Å². The first-order valence-electron chi connectivity index (χ1n) is 8.25. The Morgan fingerprint density at radius 1 is 1.00 bits per heavy atom. The topological polar surface area (TPSA) is 114 Å². The number of carbonyl (C=O) groups excluding carboxylic acids is 4. The summed E-state index contributed by atoms with van der Waals surface area (Å²) in [5, 5.41) is 6.78. The van der Waals surface area contributed by atoms with E-state index in [2.05, 4.69) is 36.1 Å². The number of amides is 4. The fourth-order valence-electron chi connectivity index (χ4n) is 1.94. The number of esters is 1. The summed E-state index contributed by atoms with van der Waals surface area (Å²) in [6.07, 6.45) is 0. The SMILES string of the molecule is CCNC(=O)NC(=O)COC(=O)CNC(=O)c1ccc(C(C)(C)C)cc1. The minimum atomic E-state index is -0.782. The van der Waals surface area contributed by atoms with Gasteiger partial charge in [0.05, 0.1) is 0 Å². The van der Waals surface area contributed by atoms with Crippen molar-refractivity contribution < 1.29 is 23.9 Å². The van der Waals surface area contributed by atoms with Crippen LogP contribution in [0.1, 0.15) is 43.6 Å². The van der Waals surface area contributed by atoms with Crippen LogP contribution in [0.4, 0.5) is 4.79 Å². The Morgan fingerprint density at radius 3 is 2.15 bits per heavy atom. The molecule has 4 amide bonds. The molecule has 0 spiro atoms. The molecule has 0 aliphatic carbocycles. The zero-order valence-corrected chi connectivity index (χ0v) is 15.5. The van der Waals surface area contributed by atoms with Gasteiger partial charge >= 0.3 is 12.0 Å². The van der Waals surface area contributed by atoms with E-state index < -0.39 is 30.4 Å². The van der Waals surface area contributed by atoms with Gasteiger partial charge in [-0.05, 0) is 30.0 Å². The van der Waals surface area contributed by atoms with Crippen LogP contribution < -0.4 is 16.0 Å². The summed E-state index contributed by atoms with van der Waals surface area (Å²) in [5.41, 5.74) is 1.49. The number of imide groups is 1. The van der Waals surface area contributed by atoms with Crippen LogP contribution in [0, 0.1) is 0 Å². The number of rotatable bonds is 6. The maximum Gasteiger partial charge on any atom is 0.325 e. The summed E-state index contributed by atoms with van der Waals surface area (Å²) in [7, 11) is 0. The van der Waals surface area contributed by atoms with Crippen molar-refractivity contribution in [1.82, 2.24) is 16.0 Å². The van der Waals surface area contributed by atoms with Crippen molar-refractivity contribution in [3.05, 3.63) is 35.4 Å². The van der Waals surface area contributed by atoms with Gasteiger partial charge in [0.15, 0.2) is 6.61 Å². The highest BCUT2D eigenvalue weighted by Gasteiger charge is 2.15. The number of carbonyl (C=O) groups is 4. The zero-order valence-electron chi connectivity index (χ0n) is 15.5. The van der Waals surface area contributed by atoms with E-state index in [1.165, 1.54) is 0 Å². The molecule has 1 aromatic rings. The zero-order chi connectivity index (χ0) is 19.7. The van der Waals surface area contributed by atoms with E-state index in [1.807, 2.05) is 17.4 Å². The van der Waals surface area contributed by atoms with Crippen molar-refractivity contribution in [1.29, 1.82) is 0 Å². The van der Waals surface area contributed by atoms with Gasteiger partial charge in [0.1, 0.15) is 6.54 Å². The Balaban J connectivity index is 2.39. The molecule has 0 aromatic heterocycles. The predicted molar refractivity (Wildman–Crippen MR) is 95.6 cm³/mol. The summed E-state index contributed by atoms with van der Waals surface area (Å²) < 4.78 is 4.69. The summed E-state index contributed by atoms with van der Waals surface area (Å²) in [6.45, 7) is 7.28. The summed E-state index contributed by atoms with van der Waals surface area (Å²) in [4.78, 5) is 46.1. The first-order valence-corrected chi connectivity index (χ1v) is 8.25. The molecule has 0 unspecified atom stereocenters. The monoisotopic (exact) mass is 363 g/mol. The second-order valence-electron chi connectivity index (χ2n) is 6.58. The second-order valence-corrected chi connectivity index (χ2v) is 6.58. The lowest BCUT2D eigenvalue weighted by Crippen LogP contribution is -2.41. The third kappa shape index (κ3) is 7.33. The maximum absolute atomic E-state index is 12.0. The van der Waals surface area contributed by atoms with E-state index in [0.29, 0.717) is 12.1 Å². The van der Waals surface area contributed by atoms with Crippen molar-refractivity contribution in [2.24, 2.45) is 0 Å². The second kappa shape index (κ2) is 9.55. The number of nitrogens with one attached hydrogen (secondary N) is 3. The fourth-order valence-corrected chi connectivity index (χ4v) is 1.94. The lowest BCUT2D eigenvalue weighted by molar-refractivity contribution is -0.147. The summed E-state index contributed by atoms with van der Waals surface area (Å²) in [5.74, 6) is -1.96. The third-order valence-electron chi connectivity index (χ3n) is 3.36. The Morgan fingerprint density at radius 2 is 1.62 bits per heavy atom. The average molecular weight is 363 g/mol. The van der Waals surface area contributed by atoms with E-state index in [-0.39, 0.29) is 12.0 Å². The van der Waals surface area contributed by atoms with Gasteiger partial charge in [-0.25, -0.2) is 4.79 Å². The molecule has 0 fully saturated rings. The van der Waals surface area contributed by atoms with Crippen molar-refractivity contribution in [3.8, 4) is 0 Å². The van der Waals surface area contributed by atoms with Crippen LogP contribution >= 0.6 is 0 Å². The molecule has 8 heteroatoms. The molecule has 1 rings (SSSR count). The van der Waals surface area contributed by atoms with E-state index in [1.54, 1.807) is 19.1 Å². The summed E-state index contributed by atoms with van der Waals surface area (Å²) >= 11 is 0. The Hall–Kier alpha value is -2.90. The van der Waals surface area contributed by atoms with Crippen molar-refractivity contribution in [3.63, 3.8) is 0 Å². The van der Waals surface area contributed by atoms with Gasteiger partial charge in [-0.1, -0.05) is 32.9 Å². The van der Waals surface area contributed by atoms with Crippen LogP contribution in [0.3, 0.4) is 0 Å². The quantitative estimate of drug-likeness (QED) is 0.655. The van der Waals surface area contributed by atoms with Crippen LogP contribution in [0.2, 0.25) is 0 Å². The van der Waals surface area contributed by atoms with Crippen LogP contribution in [-0.2, 0) is 19.7 Å². The lowest BCUT2D eigenvalue weighted by Gasteiger charge is -2.19. The van der Waals surface area contributed by atoms with Crippen LogP contribution in [0.5, 0.6) is 0 Å². The fraction of sp³-hybridized carbons (Fsp3) is 0.444. The minimum absolute atomic E-state index is 0.0204. The lowest BCUT2D eigenvalue weighted by atomic mass is 9.87. The predicted octanol–water partition coefficient (Wildman–Crippen LogP) is 1.10. The molecule has 0 saturated carbocycles. The van der Waals surface area contributed by atoms with Crippen molar-refractivity contribution in [2.45, 2.75) is 33.1 Å². The average Bonchev–Trinajstić information content (AvgIpc) is 2.57. The molecule has 1 aromatic carbocycles. The molecule has 142 valence electrons. The van der Waals surface area contributed by atoms with Gasteiger partial charge < -0.3 is 15.4 Å². The number of ether oxygens (including phenoxy) is 1. The molecule has 0 bridgehead atoms. The van der Waals surface area contributed by atoms with Crippen LogP contribution in [-0.4, -0.2) is 43.5 Å². The van der Waals surface area contributed by atoms with Crippen LogP contribution in [0.25, 0.3) is 0 Å². The molecule has 3 N–H and O–H groups in total. The third-order valence-corrected chi connectivity index (χ3v) is 3.36. The number of benzene rings is 1. The smallest absolute Gasteiger partial charge is 0.325 e. The van der Waals surface area contributed by atoms with E-state index in [0.717, 1.165) is 5.56 Å². The highest BCUT2D eigenvalue weighted by molar-refractivity contribution is 5.97. The van der Waals surface area contributed by atoms with Gasteiger partial charge in [-0.15, -0.1) is 0 Å². The molecule has 0 aliphatic rings. The Kier molecular flexibility index (Phi) is 7.77. The van der Waals surface area contributed by atoms with Gasteiger partial charge in [0, 0.05) is 12.1 Å².